The van der Waals surface area contributed by atoms with Gasteiger partial charge < -0.3 is 11.1 Å². The van der Waals surface area contributed by atoms with Crippen LogP contribution in [-0.4, -0.2) is 5.91 Å². The number of amides is 1. The summed E-state index contributed by atoms with van der Waals surface area (Å²) in [6, 6.07) is 15.4. The normalized spacial score (nSPS) is 12.2. The van der Waals surface area contributed by atoms with Gasteiger partial charge in [0.15, 0.2) is 0 Å². The second-order valence-corrected chi connectivity index (χ2v) is 5.60. The molecule has 0 saturated heterocycles. The van der Waals surface area contributed by atoms with E-state index in [9.17, 15) is 4.79 Å². The van der Waals surface area contributed by atoms with E-state index in [2.05, 4.69) is 43.4 Å². The fourth-order valence-corrected chi connectivity index (χ4v) is 2.23. The Hall–Kier alpha value is -2.29. The summed E-state index contributed by atoms with van der Waals surface area (Å²) in [4.78, 5) is 12.2. The molecular formula is C18H22N2O. The summed E-state index contributed by atoms with van der Waals surface area (Å²) >= 11 is 0. The number of anilines is 1. The predicted molar refractivity (Wildman–Crippen MR) is 87.3 cm³/mol. The molecule has 21 heavy (non-hydrogen) atoms. The molecule has 0 fully saturated rings. The monoisotopic (exact) mass is 282 g/mol. The molecule has 110 valence electrons. The Bertz CT molecular complexity index is 617. The average molecular weight is 282 g/mol. The quantitative estimate of drug-likeness (QED) is 0.836. The van der Waals surface area contributed by atoms with Crippen molar-refractivity contribution in [3.05, 3.63) is 65.2 Å². The molecule has 2 rings (SSSR count). The molecule has 0 aliphatic rings. The Kier molecular flexibility index (Phi) is 4.63. The van der Waals surface area contributed by atoms with E-state index in [0.29, 0.717) is 17.2 Å². The Morgan fingerprint density at radius 2 is 1.52 bits per heavy atom. The number of benzene rings is 2. The standard InChI is InChI=1S/C18H22N2O/c1-12(2)14-8-10-15(11-9-14)13(3)20-18(21)16-6-4-5-7-17(16)19/h4-13H,19H2,1-3H3,(H,20,21). The molecule has 3 nitrogen and oxygen atoms in total. The van der Waals surface area contributed by atoms with Crippen molar-refractivity contribution in [1.29, 1.82) is 0 Å². The van der Waals surface area contributed by atoms with Crippen LogP contribution in [0.4, 0.5) is 5.69 Å². The van der Waals surface area contributed by atoms with Gasteiger partial charge in [0.25, 0.3) is 5.91 Å². The zero-order valence-electron chi connectivity index (χ0n) is 12.8. The molecule has 1 unspecified atom stereocenters. The maximum absolute atomic E-state index is 12.2. The number of nitrogens with two attached hydrogens (primary N) is 1. The minimum Gasteiger partial charge on any atom is -0.398 e. The molecule has 0 heterocycles. The summed E-state index contributed by atoms with van der Waals surface area (Å²) in [5.41, 5.74) is 9.22. The Morgan fingerprint density at radius 3 is 2.10 bits per heavy atom. The number of hydrogen-bond acceptors (Lipinski definition) is 2. The van der Waals surface area contributed by atoms with Gasteiger partial charge in [-0.3, -0.25) is 4.79 Å². The van der Waals surface area contributed by atoms with Gasteiger partial charge >= 0.3 is 0 Å². The fourth-order valence-electron chi connectivity index (χ4n) is 2.23. The lowest BCUT2D eigenvalue weighted by Crippen LogP contribution is -2.27. The van der Waals surface area contributed by atoms with Crippen LogP contribution in [0.2, 0.25) is 0 Å². The van der Waals surface area contributed by atoms with E-state index in [0.717, 1.165) is 5.56 Å². The number of carbonyl (C=O) groups is 1. The van der Waals surface area contributed by atoms with Crippen LogP contribution < -0.4 is 11.1 Å². The Morgan fingerprint density at radius 1 is 0.952 bits per heavy atom. The molecule has 3 heteroatoms. The topological polar surface area (TPSA) is 55.1 Å². The number of carbonyl (C=O) groups excluding carboxylic acids is 1. The summed E-state index contributed by atoms with van der Waals surface area (Å²) in [6.07, 6.45) is 0. The lowest BCUT2D eigenvalue weighted by molar-refractivity contribution is 0.0941. The molecule has 0 spiro atoms. The van der Waals surface area contributed by atoms with Crippen LogP contribution in [0.25, 0.3) is 0 Å². The molecule has 2 aromatic carbocycles. The highest BCUT2D eigenvalue weighted by atomic mass is 16.1. The zero-order chi connectivity index (χ0) is 15.4. The first-order chi connectivity index (χ1) is 9.99. The maximum atomic E-state index is 12.2. The van der Waals surface area contributed by atoms with Crippen molar-refractivity contribution in [2.75, 3.05) is 5.73 Å². The van der Waals surface area contributed by atoms with Gasteiger partial charge in [0, 0.05) is 5.69 Å². The van der Waals surface area contributed by atoms with Gasteiger partial charge in [-0.1, -0.05) is 50.2 Å². The van der Waals surface area contributed by atoms with Gasteiger partial charge in [-0.2, -0.15) is 0 Å². The smallest absolute Gasteiger partial charge is 0.253 e. The maximum Gasteiger partial charge on any atom is 0.253 e. The van der Waals surface area contributed by atoms with Crippen molar-refractivity contribution >= 4 is 11.6 Å². The van der Waals surface area contributed by atoms with Gasteiger partial charge in [0.2, 0.25) is 0 Å². The minimum absolute atomic E-state index is 0.0571. The molecule has 3 N–H and O–H groups in total. The first-order valence-electron chi connectivity index (χ1n) is 7.24. The van der Waals surface area contributed by atoms with Crippen molar-refractivity contribution in [3.8, 4) is 0 Å². The third kappa shape index (κ3) is 3.63. The third-order valence-corrected chi connectivity index (χ3v) is 3.66. The van der Waals surface area contributed by atoms with Crippen LogP contribution in [0.3, 0.4) is 0 Å². The lowest BCUT2D eigenvalue weighted by atomic mass is 9.99. The first-order valence-corrected chi connectivity index (χ1v) is 7.24. The second kappa shape index (κ2) is 6.44. The van der Waals surface area contributed by atoms with E-state index in [1.807, 2.05) is 19.1 Å². The van der Waals surface area contributed by atoms with Gasteiger partial charge in [-0.05, 0) is 36.1 Å². The second-order valence-electron chi connectivity index (χ2n) is 5.60. The van der Waals surface area contributed by atoms with E-state index < -0.39 is 0 Å². The van der Waals surface area contributed by atoms with Crippen molar-refractivity contribution in [2.24, 2.45) is 0 Å². The number of para-hydroxylation sites is 1. The molecule has 0 aliphatic carbocycles. The average Bonchev–Trinajstić information content (AvgIpc) is 2.47. The zero-order valence-corrected chi connectivity index (χ0v) is 12.8. The number of hydrogen-bond donors (Lipinski definition) is 2. The minimum atomic E-state index is -0.145. The third-order valence-electron chi connectivity index (χ3n) is 3.66. The van der Waals surface area contributed by atoms with Crippen molar-refractivity contribution in [1.82, 2.24) is 5.32 Å². The molecule has 1 amide bonds. The number of nitrogens with one attached hydrogen (secondary N) is 1. The van der Waals surface area contributed by atoms with Gasteiger partial charge in [-0.15, -0.1) is 0 Å². The van der Waals surface area contributed by atoms with Gasteiger partial charge in [0.05, 0.1) is 11.6 Å². The molecular weight excluding hydrogens is 260 g/mol. The SMILES string of the molecule is CC(C)c1ccc(C(C)NC(=O)c2ccccc2N)cc1. The summed E-state index contributed by atoms with van der Waals surface area (Å²) in [6.45, 7) is 6.30. The van der Waals surface area contributed by atoms with E-state index in [1.54, 1.807) is 12.1 Å². The van der Waals surface area contributed by atoms with Crippen LogP contribution in [-0.2, 0) is 0 Å². The molecule has 1 atom stereocenters. The number of rotatable bonds is 4. The Labute approximate surface area is 126 Å². The van der Waals surface area contributed by atoms with E-state index in [-0.39, 0.29) is 11.9 Å². The van der Waals surface area contributed by atoms with Crippen LogP contribution >= 0.6 is 0 Å². The van der Waals surface area contributed by atoms with Gasteiger partial charge in [0.1, 0.15) is 0 Å². The number of nitrogen functional groups attached to an aromatic ring is 1. The van der Waals surface area contributed by atoms with E-state index >= 15 is 0 Å². The first kappa shape index (κ1) is 15.1. The van der Waals surface area contributed by atoms with E-state index in [1.165, 1.54) is 5.56 Å². The predicted octanol–water partition coefficient (Wildman–Crippen LogP) is 3.88. The Balaban J connectivity index is 2.09. The van der Waals surface area contributed by atoms with Crippen molar-refractivity contribution in [3.63, 3.8) is 0 Å². The highest BCUT2D eigenvalue weighted by Crippen LogP contribution is 2.19. The lowest BCUT2D eigenvalue weighted by Gasteiger charge is -2.16. The molecule has 0 aliphatic heterocycles. The molecule has 0 radical (unpaired) electrons. The highest BCUT2D eigenvalue weighted by Gasteiger charge is 2.13. The molecule has 2 aromatic rings. The van der Waals surface area contributed by atoms with Crippen LogP contribution in [0.5, 0.6) is 0 Å². The van der Waals surface area contributed by atoms with E-state index in [4.69, 9.17) is 5.73 Å². The van der Waals surface area contributed by atoms with Crippen LogP contribution in [0.1, 0.15) is 54.2 Å². The molecule has 0 aromatic heterocycles. The summed E-state index contributed by atoms with van der Waals surface area (Å²) in [7, 11) is 0. The van der Waals surface area contributed by atoms with Crippen LogP contribution in [0, 0.1) is 0 Å². The largest absolute Gasteiger partial charge is 0.398 e. The summed E-state index contributed by atoms with van der Waals surface area (Å²) in [5, 5.41) is 2.98. The molecule has 0 bridgehead atoms. The van der Waals surface area contributed by atoms with Crippen molar-refractivity contribution < 1.29 is 4.79 Å². The van der Waals surface area contributed by atoms with Gasteiger partial charge in [-0.25, -0.2) is 0 Å². The highest BCUT2D eigenvalue weighted by molar-refractivity contribution is 5.99. The fraction of sp³-hybridized carbons (Fsp3) is 0.278. The summed E-state index contributed by atoms with van der Waals surface area (Å²) in [5.74, 6) is 0.363. The molecule has 0 saturated carbocycles. The summed E-state index contributed by atoms with van der Waals surface area (Å²) < 4.78 is 0. The van der Waals surface area contributed by atoms with Crippen LogP contribution in [0.15, 0.2) is 48.5 Å². The van der Waals surface area contributed by atoms with Crippen molar-refractivity contribution in [2.45, 2.75) is 32.7 Å².